The summed E-state index contributed by atoms with van der Waals surface area (Å²) in [6, 6.07) is 30.6. The Kier molecular flexibility index (Phi) is 6.87. The predicted octanol–water partition coefficient (Wildman–Crippen LogP) is 6.55. The Morgan fingerprint density at radius 3 is 1.24 bits per heavy atom. The van der Waals surface area contributed by atoms with Gasteiger partial charge >= 0.3 is 0 Å². The van der Waals surface area contributed by atoms with Crippen molar-refractivity contribution in [2.45, 2.75) is 35.5 Å². The molecular formula is C33H28N2O5S2. The maximum absolute atomic E-state index is 14.1. The second kappa shape index (κ2) is 10.4. The molecule has 0 N–H and O–H groups in total. The van der Waals surface area contributed by atoms with Crippen LogP contribution in [0.5, 0.6) is 0 Å². The molecule has 0 radical (unpaired) electrons. The molecule has 2 unspecified atom stereocenters. The van der Waals surface area contributed by atoms with Gasteiger partial charge in [-0.15, -0.1) is 0 Å². The van der Waals surface area contributed by atoms with Crippen molar-refractivity contribution in [1.82, 2.24) is 7.94 Å². The number of aromatic nitrogens is 2. The highest BCUT2D eigenvalue weighted by Gasteiger charge is 2.31. The number of hydrogen-bond donors (Lipinski definition) is 0. The lowest BCUT2D eigenvalue weighted by Crippen LogP contribution is -2.17. The second-order valence-electron chi connectivity index (χ2n) is 10.3. The number of ketones is 1. The van der Waals surface area contributed by atoms with Gasteiger partial charge in [-0.05, 0) is 47.5 Å². The molecule has 0 fully saturated rings. The molecule has 0 aliphatic carbocycles. The van der Waals surface area contributed by atoms with Gasteiger partial charge in [-0.25, -0.2) is 24.8 Å². The van der Waals surface area contributed by atoms with E-state index in [0.717, 1.165) is 0 Å². The molecule has 0 aliphatic heterocycles. The first-order chi connectivity index (χ1) is 20.1. The van der Waals surface area contributed by atoms with Crippen molar-refractivity contribution in [1.29, 1.82) is 0 Å². The van der Waals surface area contributed by atoms with Crippen molar-refractivity contribution in [2.75, 3.05) is 0 Å². The van der Waals surface area contributed by atoms with Crippen LogP contribution in [0.3, 0.4) is 0 Å². The molecule has 4 aromatic carbocycles. The minimum atomic E-state index is -3.91. The fraction of sp³-hybridized carbons (Fsp3) is 0.121. The van der Waals surface area contributed by atoms with Gasteiger partial charge in [0.15, 0.2) is 0 Å². The average Bonchev–Trinajstić information content (AvgIpc) is 3.61. The third-order valence-electron chi connectivity index (χ3n) is 7.80. The molecule has 2 aromatic heterocycles. The number of carbonyl (C=O) groups excluding carboxylic acids is 1. The lowest BCUT2D eigenvalue weighted by molar-refractivity contribution is -0.121. The molecule has 7 nitrogen and oxygen atoms in total. The minimum Gasteiger partial charge on any atom is -0.298 e. The molecule has 9 heteroatoms. The van der Waals surface area contributed by atoms with Gasteiger partial charge in [0.05, 0.1) is 20.8 Å². The first-order valence-corrected chi connectivity index (χ1v) is 16.4. The number of rotatable bonds is 8. The Bertz CT molecular complexity index is 2010. The van der Waals surface area contributed by atoms with Crippen LogP contribution in [0.1, 0.15) is 36.8 Å². The highest BCUT2D eigenvalue weighted by Crippen LogP contribution is 2.37. The molecule has 0 bridgehead atoms. The number of Topliss-reactive ketones (excluding diaryl/α,β-unsaturated/α-hetero) is 1. The van der Waals surface area contributed by atoms with Crippen LogP contribution >= 0.6 is 0 Å². The topological polar surface area (TPSA) is 95.2 Å². The van der Waals surface area contributed by atoms with E-state index in [1.54, 1.807) is 98.8 Å². The van der Waals surface area contributed by atoms with E-state index < -0.39 is 31.9 Å². The number of hydrogen-bond acceptors (Lipinski definition) is 5. The van der Waals surface area contributed by atoms with Crippen LogP contribution in [0.25, 0.3) is 21.8 Å². The van der Waals surface area contributed by atoms with Crippen molar-refractivity contribution in [3.63, 3.8) is 0 Å². The smallest absolute Gasteiger partial charge is 0.268 e. The lowest BCUT2D eigenvalue weighted by Gasteiger charge is -2.16. The Balaban J connectivity index is 1.43. The fourth-order valence-electron chi connectivity index (χ4n) is 5.53. The summed E-state index contributed by atoms with van der Waals surface area (Å²) in [6.07, 6.45) is 3.07. The third kappa shape index (κ3) is 4.45. The highest BCUT2D eigenvalue weighted by molar-refractivity contribution is 7.90. The maximum Gasteiger partial charge on any atom is 0.268 e. The van der Waals surface area contributed by atoms with Gasteiger partial charge in [0.1, 0.15) is 5.78 Å². The lowest BCUT2D eigenvalue weighted by atomic mass is 9.85. The van der Waals surface area contributed by atoms with Crippen LogP contribution in [-0.4, -0.2) is 30.6 Å². The fourth-order valence-corrected chi connectivity index (χ4v) is 8.33. The summed E-state index contributed by atoms with van der Waals surface area (Å²) in [5.74, 6) is -1.51. The summed E-state index contributed by atoms with van der Waals surface area (Å²) < 4.78 is 56.8. The van der Waals surface area contributed by atoms with Crippen LogP contribution in [-0.2, 0) is 24.8 Å². The molecule has 6 rings (SSSR count). The van der Waals surface area contributed by atoms with E-state index in [0.29, 0.717) is 32.9 Å². The molecule has 0 spiro atoms. The average molecular weight is 597 g/mol. The Hall–Kier alpha value is -4.47. The van der Waals surface area contributed by atoms with Crippen molar-refractivity contribution in [2.24, 2.45) is 0 Å². The van der Waals surface area contributed by atoms with Crippen LogP contribution in [0.2, 0.25) is 0 Å². The summed E-state index contributed by atoms with van der Waals surface area (Å²) >= 11 is 0. The summed E-state index contributed by atoms with van der Waals surface area (Å²) in [7, 11) is -7.82. The largest absolute Gasteiger partial charge is 0.298 e. The van der Waals surface area contributed by atoms with Crippen molar-refractivity contribution >= 4 is 47.6 Å². The minimum absolute atomic E-state index is 0.150. The van der Waals surface area contributed by atoms with E-state index in [4.69, 9.17) is 0 Å². The zero-order chi connectivity index (χ0) is 29.6. The molecule has 6 aromatic rings. The molecule has 0 saturated carbocycles. The van der Waals surface area contributed by atoms with Gasteiger partial charge < -0.3 is 0 Å². The van der Waals surface area contributed by atoms with Crippen LogP contribution < -0.4 is 0 Å². The molecule has 0 saturated heterocycles. The van der Waals surface area contributed by atoms with Gasteiger partial charge in [0.25, 0.3) is 20.0 Å². The Morgan fingerprint density at radius 2 is 0.857 bits per heavy atom. The molecular weight excluding hydrogens is 569 g/mol. The Labute approximate surface area is 244 Å². The maximum atomic E-state index is 14.1. The quantitative estimate of drug-likeness (QED) is 0.199. The first kappa shape index (κ1) is 27.7. The molecule has 2 atom stereocenters. The number of benzene rings is 4. The molecule has 42 heavy (non-hydrogen) atoms. The summed E-state index contributed by atoms with van der Waals surface area (Å²) in [5.41, 5.74) is 2.13. The van der Waals surface area contributed by atoms with Crippen LogP contribution in [0.4, 0.5) is 0 Å². The van der Waals surface area contributed by atoms with Gasteiger partial charge in [-0.1, -0.05) is 86.6 Å². The van der Waals surface area contributed by atoms with E-state index in [9.17, 15) is 21.6 Å². The van der Waals surface area contributed by atoms with E-state index in [2.05, 4.69) is 0 Å². The van der Waals surface area contributed by atoms with Gasteiger partial charge in [-0.3, -0.25) is 4.79 Å². The van der Waals surface area contributed by atoms with Gasteiger partial charge in [0.2, 0.25) is 0 Å². The third-order valence-corrected chi connectivity index (χ3v) is 11.2. The first-order valence-electron chi connectivity index (χ1n) is 13.5. The SMILES string of the molecule is CC(C(=O)C(C)c1cn(S(=O)(=O)c2ccccc2)c2ccccc12)c1cn(S(=O)(=O)c2ccccc2)c2ccccc12. The van der Waals surface area contributed by atoms with Crippen LogP contribution in [0, 0.1) is 0 Å². The summed E-state index contributed by atoms with van der Waals surface area (Å²) in [6.45, 7) is 3.53. The molecule has 212 valence electrons. The molecule has 2 heterocycles. The predicted molar refractivity (Wildman–Crippen MR) is 164 cm³/mol. The molecule has 0 aliphatic rings. The number of carbonyl (C=O) groups is 1. The standard InChI is InChI=1S/C33H28N2O5S2/c1-23(29-21-34(31-19-11-9-17-27(29)31)41(37,38)25-13-5-3-6-14-25)33(36)24(2)30-22-35(32-20-12-10-18-28(30)32)42(39,40)26-15-7-4-8-16-26/h3-24H,1-2H3. The van der Waals surface area contributed by atoms with Gasteiger partial charge in [0, 0.05) is 35.0 Å². The molecule has 0 amide bonds. The summed E-state index contributed by atoms with van der Waals surface area (Å²) in [5, 5.41) is 1.33. The van der Waals surface area contributed by atoms with E-state index in [1.165, 1.54) is 20.3 Å². The van der Waals surface area contributed by atoms with Crippen molar-refractivity contribution in [3.05, 3.63) is 133 Å². The van der Waals surface area contributed by atoms with E-state index in [-0.39, 0.29) is 15.6 Å². The highest BCUT2D eigenvalue weighted by atomic mass is 32.2. The normalized spacial score (nSPS) is 13.8. The number of nitrogens with zero attached hydrogens (tertiary/aromatic N) is 2. The number of fused-ring (bicyclic) bond motifs is 2. The van der Waals surface area contributed by atoms with E-state index in [1.807, 2.05) is 24.3 Å². The second-order valence-corrected chi connectivity index (χ2v) is 13.9. The zero-order valence-corrected chi connectivity index (χ0v) is 24.6. The van der Waals surface area contributed by atoms with Crippen molar-refractivity contribution < 1.29 is 21.6 Å². The monoisotopic (exact) mass is 596 g/mol. The van der Waals surface area contributed by atoms with Crippen LogP contribution in [0.15, 0.2) is 131 Å². The summed E-state index contributed by atoms with van der Waals surface area (Å²) in [4.78, 5) is 14.4. The zero-order valence-electron chi connectivity index (χ0n) is 23.0. The Morgan fingerprint density at radius 1 is 0.524 bits per heavy atom. The van der Waals surface area contributed by atoms with Crippen molar-refractivity contribution in [3.8, 4) is 0 Å². The number of para-hydroxylation sites is 2. The van der Waals surface area contributed by atoms with E-state index >= 15 is 0 Å². The van der Waals surface area contributed by atoms with Gasteiger partial charge in [-0.2, -0.15) is 0 Å².